The Morgan fingerprint density at radius 3 is 2.59 bits per heavy atom. The predicted octanol–water partition coefficient (Wildman–Crippen LogP) is 2.47. The summed E-state index contributed by atoms with van der Waals surface area (Å²) in [5.41, 5.74) is 2.10. The van der Waals surface area contributed by atoms with E-state index < -0.39 is 0 Å². The summed E-state index contributed by atoms with van der Waals surface area (Å²) < 4.78 is 0. The van der Waals surface area contributed by atoms with Crippen LogP contribution in [0.5, 0.6) is 0 Å². The molecular formula is C17H21N3O2. The van der Waals surface area contributed by atoms with Gasteiger partial charge in [-0.3, -0.25) is 9.59 Å². The molecule has 0 aliphatic rings. The minimum atomic E-state index is -0.185. The van der Waals surface area contributed by atoms with E-state index in [1.807, 2.05) is 25.2 Å². The summed E-state index contributed by atoms with van der Waals surface area (Å²) in [7, 11) is 2.03. The minimum Gasteiger partial charge on any atom is -0.375 e. The van der Waals surface area contributed by atoms with Crippen LogP contribution in [-0.2, 0) is 0 Å². The van der Waals surface area contributed by atoms with Gasteiger partial charge >= 0.3 is 0 Å². The van der Waals surface area contributed by atoms with Crippen molar-refractivity contribution in [2.24, 2.45) is 0 Å². The predicted molar refractivity (Wildman–Crippen MR) is 87.5 cm³/mol. The number of Topliss-reactive ketones (excluding diaryl/α,β-unsaturated/α-hetero) is 1. The first-order valence-corrected chi connectivity index (χ1v) is 7.31. The van der Waals surface area contributed by atoms with Crippen molar-refractivity contribution < 1.29 is 9.59 Å². The van der Waals surface area contributed by atoms with E-state index in [0.29, 0.717) is 17.8 Å². The summed E-state index contributed by atoms with van der Waals surface area (Å²) in [5.74, 6) is -0.241. The lowest BCUT2D eigenvalue weighted by atomic mass is 10.2. The number of hydrogen-bond acceptors (Lipinski definition) is 3. The smallest absolute Gasteiger partial charge is 0.267 e. The number of hydrogen-bond donors (Lipinski definition) is 2. The van der Waals surface area contributed by atoms with Gasteiger partial charge in [0.05, 0.1) is 0 Å². The SMILES string of the molecule is CC(=O)c1c[nH]c(C(=O)NCCCN(C)c2ccccc2)c1. The molecule has 2 rings (SSSR count). The first-order chi connectivity index (χ1) is 10.6. The van der Waals surface area contributed by atoms with Crippen LogP contribution in [0.3, 0.4) is 0 Å². The molecule has 0 radical (unpaired) electrons. The molecule has 0 spiro atoms. The number of nitrogens with one attached hydrogen (secondary N) is 2. The number of carbonyl (C=O) groups excluding carboxylic acids is 2. The molecule has 22 heavy (non-hydrogen) atoms. The standard InChI is InChI=1S/C17H21N3O2/c1-13(21)14-11-16(19-12-14)17(22)18-9-6-10-20(2)15-7-4-3-5-8-15/h3-5,7-8,11-12,19H,6,9-10H2,1-2H3,(H,18,22). The Kier molecular flexibility index (Phi) is 5.36. The molecule has 5 heteroatoms. The number of para-hydroxylation sites is 1. The molecule has 0 fully saturated rings. The van der Waals surface area contributed by atoms with E-state index in [2.05, 4.69) is 27.3 Å². The maximum absolute atomic E-state index is 11.9. The van der Waals surface area contributed by atoms with E-state index in [1.54, 1.807) is 12.3 Å². The van der Waals surface area contributed by atoms with Gasteiger partial charge in [0.15, 0.2) is 5.78 Å². The van der Waals surface area contributed by atoms with Crippen LogP contribution in [0.15, 0.2) is 42.6 Å². The highest BCUT2D eigenvalue weighted by molar-refractivity contribution is 5.99. The van der Waals surface area contributed by atoms with Crippen LogP contribution >= 0.6 is 0 Å². The molecule has 2 N–H and O–H groups in total. The second-order valence-electron chi connectivity index (χ2n) is 5.22. The summed E-state index contributed by atoms with van der Waals surface area (Å²) in [6.45, 7) is 2.92. The molecule has 2 aromatic rings. The number of aromatic nitrogens is 1. The highest BCUT2D eigenvalue weighted by Gasteiger charge is 2.10. The van der Waals surface area contributed by atoms with Gasteiger partial charge in [-0.15, -0.1) is 0 Å². The highest BCUT2D eigenvalue weighted by Crippen LogP contribution is 2.10. The van der Waals surface area contributed by atoms with E-state index in [9.17, 15) is 9.59 Å². The average Bonchev–Trinajstić information content (AvgIpc) is 3.02. The van der Waals surface area contributed by atoms with E-state index in [4.69, 9.17) is 0 Å². The second-order valence-corrected chi connectivity index (χ2v) is 5.22. The van der Waals surface area contributed by atoms with Crippen LogP contribution in [0.4, 0.5) is 5.69 Å². The van der Waals surface area contributed by atoms with Gasteiger partial charge in [-0.2, -0.15) is 0 Å². The Labute approximate surface area is 130 Å². The lowest BCUT2D eigenvalue weighted by molar-refractivity contribution is 0.0949. The van der Waals surface area contributed by atoms with Crippen molar-refractivity contribution in [1.82, 2.24) is 10.3 Å². The van der Waals surface area contributed by atoms with Gasteiger partial charge in [-0.05, 0) is 31.5 Å². The first kappa shape index (κ1) is 15.8. The molecule has 1 amide bonds. The van der Waals surface area contributed by atoms with Gasteiger partial charge in [0.1, 0.15) is 5.69 Å². The third kappa shape index (κ3) is 4.22. The molecule has 116 valence electrons. The Morgan fingerprint density at radius 2 is 1.95 bits per heavy atom. The van der Waals surface area contributed by atoms with Gasteiger partial charge in [0.2, 0.25) is 0 Å². The molecular weight excluding hydrogens is 278 g/mol. The molecule has 0 aliphatic heterocycles. The van der Waals surface area contributed by atoms with Gasteiger partial charge in [0.25, 0.3) is 5.91 Å². The molecule has 0 aliphatic carbocycles. The van der Waals surface area contributed by atoms with Crippen molar-refractivity contribution in [3.05, 3.63) is 53.9 Å². The Bertz CT molecular complexity index is 634. The maximum Gasteiger partial charge on any atom is 0.267 e. The largest absolute Gasteiger partial charge is 0.375 e. The zero-order chi connectivity index (χ0) is 15.9. The molecule has 5 nitrogen and oxygen atoms in total. The number of carbonyl (C=O) groups is 2. The van der Waals surface area contributed by atoms with E-state index in [1.165, 1.54) is 6.92 Å². The lowest BCUT2D eigenvalue weighted by Crippen LogP contribution is -2.28. The number of benzene rings is 1. The number of aromatic amines is 1. The molecule has 1 aromatic carbocycles. The maximum atomic E-state index is 11.9. The Balaban J connectivity index is 1.74. The second kappa shape index (κ2) is 7.45. The Morgan fingerprint density at radius 1 is 1.23 bits per heavy atom. The third-order valence-electron chi connectivity index (χ3n) is 3.49. The summed E-state index contributed by atoms with van der Waals surface area (Å²) >= 11 is 0. The fourth-order valence-electron chi connectivity index (χ4n) is 2.15. The van der Waals surface area contributed by atoms with Gasteiger partial charge in [-0.25, -0.2) is 0 Å². The molecule has 0 bridgehead atoms. The minimum absolute atomic E-state index is 0.0558. The van der Waals surface area contributed by atoms with Crippen molar-refractivity contribution in [3.63, 3.8) is 0 Å². The van der Waals surface area contributed by atoms with Gasteiger partial charge in [0, 0.05) is 37.6 Å². The van der Waals surface area contributed by atoms with Crippen molar-refractivity contribution in [1.29, 1.82) is 0 Å². The fraction of sp³-hybridized carbons (Fsp3) is 0.294. The van der Waals surface area contributed by atoms with Crippen LogP contribution in [0.1, 0.15) is 34.2 Å². The van der Waals surface area contributed by atoms with Crippen molar-refractivity contribution in [3.8, 4) is 0 Å². The van der Waals surface area contributed by atoms with Crippen LogP contribution in [0.2, 0.25) is 0 Å². The van der Waals surface area contributed by atoms with Crippen molar-refractivity contribution in [2.75, 3.05) is 25.0 Å². The quantitative estimate of drug-likeness (QED) is 0.610. The van der Waals surface area contributed by atoms with Crippen molar-refractivity contribution in [2.45, 2.75) is 13.3 Å². The molecule has 1 aromatic heterocycles. The highest BCUT2D eigenvalue weighted by atomic mass is 16.2. The molecule has 1 heterocycles. The molecule has 0 saturated carbocycles. The fourth-order valence-corrected chi connectivity index (χ4v) is 2.15. The number of ketones is 1. The summed E-state index contributed by atoms with van der Waals surface area (Å²) in [4.78, 5) is 28.1. The molecule has 0 saturated heterocycles. The van der Waals surface area contributed by atoms with Crippen molar-refractivity contribution >= 4 is 17.4 Å². The van der Waals surface area contributed by atoms with Crippen LogP contribution in [-0.4, -0.2) is 36.8 Å². The molecule has 0 unspecified atom stereocenters. The van der Waals surface area contributed by atoms with Gasteiger partial charge in [-0.1, -0.05) is 18.2 Å². The summed E-state index contributed by atoms with van der Waals surface area (Å²) in [6, 6.07) is 11.7. The number of H-pyrrole nitrogens is 1. The number of rotatable bonds is 7. The lowest BCUT2D eigenvalue weighted by Gasteiger charge is -2.19. The zero-order valence-electron chi connectivity index (χ0n) is 12.9. The van der Waals surface area contributed by atoms with E-state index in [0.717, 1.165) is 18.7 Å². The Hall–Kier alpha value is -2.56. The third-order valence-corrected chi connectivity index (χ3v) is 3.49. The average molecular weight is 299 g/mol. The van der Waals surface area contributed by atoms with E-state index >= 15 is 0 Å². The van der Waals surface area contributed by atoms with Crippen LogP contribution in [0, 0.1) is 0 Å². The zero-order valence-corrected chi connectivity index (χ0v) is 12.9. The number of amides is 1. The van der Waals surface area contributed by atoms with Crippen LogP contribution < -0.4 is 10.2 Å². The van der Waals surface area contributed by atoms with Crippen LogP contribution in [0.25, 0.3) is 0 Å². The normalized spacial score (nSPS) is 10.3. The molecule has 0 atom stereocenters. The number of anilines is 1. The van der Waals surface area contributed by atoms with E-state index in [-0.39, 0.29) is 11.7 Å². The topological polar surface area (TPSA) is 65.2 Å². The number of nitrogens with zero attached hydrogens (tertiary/aromatic N) is 1. The van der Waals surface area contributed by atoms with Gasteiger partial charge < -0.3 is 15.2 Å². The monoisotopic (exact) mass is 299 g/mol. The summed E-state index contributed by atoms with van der Waals surface area (Å²) in [5, 5.41) is 2.85. The first-order valence-electron chi connectivity index (χ1n) is 7.31. The summed E-state index contributed by atoms with van der Waals surface area (Å²) in [6.07, 6.45) is 2.40.